The van der Waals surface area contributed by atoms with Gasteiger partial charge >= 0.3 is 0 Å². The van der Waals surface area contributed by atoms with Gasteiger partial charge in [0.1, 0.15) is 10.7 Å². The average molecular weight is 368 g/mol. The van der Waals surface area contributed by atoms with Gasteiger partial charge in [0.05, 0.1) is 22.5 Å². The maximum Gasteiger partial charge on any atom is 0.282 e. The zero-order valence-electron chi connectivity index (χ0n) is 13.2. The topological polar surface area (TPSA) is 93.4 Å². The van der Waals surface area contributed by atoms with E-state index in [0.717, 1.165) is 10.3 Å². The highest BCUT2D eigenvalue weighted by Gasteiger charge is 2.41. The SMILES string of the molecule is O=C1c2cccc([N+](=O)[O-])c2C(=O)N1Cc1cc2ccccc2nc1Cl. The molecule has 1 aromatic heterocycles. The van der Waals surface area contributed by atoms with Crippen LogP contribution in [0.25, 0.3) is 10.9 Å². The third-order valence-corrected chi connectivity index (χ3v) is 4.58. The molecular formula is C18H10ClN3O4. The fraction of sp³-hybridized carbons (Fsp3) is 0.0556. The highest BCUT2D eigenvalue weighted by molar-refractivity contribution is 6.30. The van der Waals surface area contributed by atoms with E-state index in [2.05, 4.69) is 4.98 Å². The molecule has 2 heterocycles. The Morgan fingerprint density at radius 2 is 1.85 bits per heavy atom. The summed E-state index contributed by atoms with van der Waals surface area (Å²) in [7, 11) is 0. The minimum absolute atomic E-state index is 0.0223. The van der Waals surface area contributed by atoms with Crippen LogP contribution in [0.2, 0.25) is 5.15 Å². The van der Waals surface area contributed by atoms with Crippen LogP contribution in [0.1, 0.15) is 26.3 Å². The summed E-state index contributed by atoms with van der Waals surface area (Å²) in [6.45, 7) is -0.111. The predicted molar refractivity (Wildman–Crippen MR) is 94.1 cm³/mol. The van der Waals surface area contributed by atoms with Crippen LogP contribution < -0.4 is 0 Å². The molecule has 0 atom stereocenters. The second kappa shape index (κ2) is 5.89. The van der Waals surface area contributed by atoms with Gasteiger partial charge in [-0.1, -0.05) is 35.9 Å². The lowest BCUT2D eigenvalue weighted by Crippen LogP contribution is -2.29. The number of amides is 2. The zero-order valence-corrected chi connectivity index (χ0v) is 13.9. The maximum atomic E-state index is 12.6. The molecule has 0 aliphatic carbocycles. The van der Waals surface area contributed by atoms with Gasteiger partial charge in [0.15, 0.2) is 0 Å². The molecule has 8 heteroatoms. The number of nitrogens with zero attached hydrogens (tertiary/aromatic N) is 3. The van der Waals surface area contributed by atoms with Crippen molar-refractivity contribution < 1.29 is 14.5 Å². The number of halogens is 1. The summed E-state index contributed by atoms with van der Waals surface area (Å²) in [4.78, 5) is 41.0. The van der Waals surface area contributed by atoms with Gasteiger partial charge in [-0.15, -0.1) is 0 Å². The average Bonchev–Trinajstić information content (AvgIpc) is 2.87. The fourth-order valence-electron chi connectivity index (χ4n) is 3.03. The molecule has 2 aromatic carbocycles. The highest BCUT2D eigenvalue weighted by Crippen LogP contribution is 2.32. The molecule has 0 radical (unpaired) electrons. The van der Waals surface area contributed by atoms with E-state index in [9.17, 15) is 19.7 Å². The van der Waals surface area contributed by atoms with E-state index in [0.29, 0.717) is 11.1 Å². The minimum atomic E-state index is -0.707. The Hall–Kier alpha value is -3.32. The van der Waals surface area contributed by atoms with Gasteiger partial charge in [0.25, 0.3) is 17.5 Å². The van der Waals surface area contributed by atoms with Crippen LogP contribution in [0, 0.1) is 10.1 Å². The Morgan fingerprint density at radius 3 is 2.62 bits per heavy atom. The van der Waals surface area contributed by atoms with Crippen molar-refractivity contribution in [3.05, 3.63) is 80.5 Å². The molecule has 0 spiro atoms. The largest absolute Gasteiger partial charge is 0.282 e. The number of para-hydroxylation sites is 1. The second-order valence-corrected chi connectivity index (χ2v) is 6.14. The number of hydrogen-bond donors (Lipinski definition) is 0. The van der Waals surface area contributed by atoms with Gasteiger partial charge < -0.3 is 0 Å². The van der Waals surface area contributed by atoms with E-state index in [-0.39, 0.29) is 28.5 Å². The smallest absolute Gasteiger partial charge is 0.270 e. The van der Waals surface area contributed by atoms with Crippen molar-refractivity contribution in [3.8, 4) is 0 Å². The molecule has 0 bridgehead atoms. The number of hydrogen-bond acceptors (Lipinski definition) is 5. The van der Waals surface area contributed by atoms with E-state index in [4.69, 9.17) is 11.6 Å². The molecule has 3 aromatic rings. The normalized spacial score (nSPS) is 13.3. The molecule has 0 saturated carbocycles. The Balaban J connectivity index is 1.75. The molecule has 128 valence electrons. The van der Waals surface area contributed by atoms with Crippen LogP contribution in [0.5, 0.6) is 0 Å². The van der Waals surface area contributed by atoms with Crippen LogP contribution >= 0.6 is 11.6 Å². The molecule has 1 aliphatic rings. The molecule has 7 nitrogen and oxygen atoms in total. The van der Waals surface area contributed by atoms with Crippen LogP contribution in [0.4, 0.5) is 5.69 Å². The van der Waals surface area contributed by atoms with E-state index in [1.807, 2.05) is 18.2 Å². The van der Waals surface area contributed by atoms with Gasteiger partial charge in [0, 0.05) is 17.0 Å². The van der Waals surface area contributed by atoms with E-state index in [1.165, 1.54) is 18.2 Å². The van der Waals surface area contributed by atoms with Gasteiger partial charge in [-0.25, -0.2) is 4.98 Å². The van der Waals surface area contributed by atoms with Crippen molar-refractivity contribution in [3.63, 3.8) is 0 Å². The number of pyridine rings is 1. The number of benzene rings is 2. The summed E-state index contributed by atoms with van der Waals surface area (Å²) < 4.78 is 0. The number of imide groups is 1. The summed E-state index contributed by atoms with van der Waals surface area (Å²) in [6.07, 6.45) is 0. The van der Waals surface area contributed by atoms with Crippen LogP contribution in [0.15, 0.2) is 48.5 Å². The number of nitro benzene ring substituents is 1. The molecule has 26 heavy (non-hydrogen) atoms. The number of rotatable bonds is 3. The summed E-state index contributed by atoms with van der Waals surface area (Å²) >= 11 is 6.20. The van der Waals surface area contributed by atoms with Crippen molar-refractivity contribution in [2.75, 3.05) is 0 Å². The third kappa shape index (κ3) is 2.41. The molecule has 0 saturated heterocycles. The summed E-state index contributed by atoms with van der Waals surface area (Å²) in [6, 6.07) is 13.1. The van der Waals surface area contributed by atoms with Crippen molar-refractivity contribution in [1.29, 1.82) is 0 Å². The first-order valence-corrected chi connectivity index (χ1v) is 8.03. The van der Waals surface area contributed by atoms with Crippen molar-refractivity contribution in [1.82, 2.24) is 9.88 Å². The van der Waals surface area contributed by atoms with Crippen molar-refractivity contribution >= 4 is 40.0 Å². The monoisotopic (exact) mass is 367 g/mol. The first-order valence-electron chi connectivity index (χ1n) is 7.65. The first kappa shape index (κ1) is 16.2. The van der Waals surface area contributed by atoms with Crippen LogP contribution in [-0.4, -0.2) is 26.6 Å². The number of nitro groups is 1. The lowest BCUT2D eigenvalue weighted by atomic mass is 10.1. The quantitative estimate of drug-likeness (QED) is 0.305. The summed E-state index contributed by atoms with van der Waals surface area (Å²) in [5.41, 5.74) is 0.634. The lowest BCUT2D eigenvalue weighted by Gasteiger charge is -2.15. The van der Waals surface area contributed by atoms with Gasteiger partial charge in [0.2, 0.25) is 0 Å². The summed E-state index contributed by atoms with van der Waals surface area (Å²) in [5, 5.41) is 12.2. The molecule has 0 fully saturated rings. The lowest BCUT2D eigenvalue weighted by molar-refractivity contribution is -0.385. The second-order valence-electron chi connectivity index (χ2n) is 5.78. The Labute approximate surface area is 152 Å². The Morgan fingerprint density at radius 1 is 1.08 bits per heavy atom. The van der Waals surface area contributed by atoms with Crippen LogP contribution in [0.3, 0.4) is 0 Å². The Bertz CT molecular complexity index is 1110. The number of fused-ring (bicyclic) bond motifs is 2. The first-order chi connectivity index (χ1) is 12.5. The van der Waals surface area contributed by atoms with E-state index in [1.54, 1.807) is 12.1 Å². The number of carbonyl (C=O) groups is 2. The van der Waals surface area contributed by atoms with Gasteiger partial charge in [-0.3, -0.25) is 24.6 Å². The zero-order chi connectivity index (χ0) is 18.4. The minimum Gasteiger partial charge on any atom is -0.270 e. The fourth-order valence-corrected chi connectivity index (χ4v) is 3.23. The molecule has 2 amide bonds. The molecule has 0 N–H and O–H groups in total. The molecule has 0 unspecified atom stereocenters. The standard InChI is InChI=1S/C18H10ClN3O4/c19-16-11(8-10-4-1-2-6-13(10)20-16)9-21-17(23)12-5-3-7-14(22(25)26)15(12)18(21)24/h1-8H,9H2. The summed E-state index contributed by atoms with van der Waals surface area (Å²) in [5.74, 6) is -1.29. The Kier molecular flexibility index (Phi) is 3.66. The van der Waals surface area contributed by atoms with Gasteiger partial charge in [-0.2, -0.15) is 0 Å². The van der Waals surface area contributed by atoms with Crippen molar-refractivity contribution in [2.24, 2.45) is 0 Å². The predicted octanol–water partition coefficient (Wildman–Crippen LogP) is 3.59. The number of carbonyl (C=O) groups excluding carboxylic acids is 2. The maximum absolute atomic E-state index is 12.6. The number of aromatic nitrogens is 1. The van der Waals surface area contributed by atoms with Gasteiger partial charge in [-0.05, 0) is 18.2 Å². The molecule has 4 rings (SSSR count). The third-order valence-electron chi connectivity index (χ3n) is 4.25. The molecular weight excluding hydrogens is 358 g/mol. The van der Waals surface area contributed by atoms with E-state index < -0.39 is 16.7 Å². The highest BCUT2D eigenvalue weighted by atomic mass is 35.5. The molecule has 1 aliphatic heterocycles. The van der Waals surface area contributed by atoms with E-state index >= 15 is 0 Å². The van der Waals surface area contributed by atoms with Crippen LogP contribution in [-0.2, 0) is 6.54 Å². The van der Waals surface area contributed by atoms with Crippen molar-refractivity contribution in [2.45, 2.75) is 6.54 Å².